The Kier molecular flexibility index (Phi) is 4.77. The van der Waals surface area contributed by atoms with Crippen molar-refractivity contribution in [2.24, 2.45) is 5.92 Å². The summed E-state index contributed by atoms with van der Waals surface area (Å²) in [6.45, 7) is 0.445. The monoisotopic (exact) mass is 292 g/mol. The van der Waals surface area contributed by atoms with E-state index in [2.05, 4.69) is 4.89 Å². The molecule has 1 aliphatic heterocycles. The van der Waals surface area contributed by atoms with Crippen molar-refractivity contribution in [2.75, 3.05) is 13.1 Å². The molecule has 0 bridgehead atoms. The molecule has 1 saturated carbocycles. The normalized spacial score (nSPS) is 23.8. The van der Waals surface area contributed by atoms with E-state index < -0.39 is 22.1 Å². The Hall–Kier alpha value is -0.700. The Bertz CT molecular complexity index is 411. The Balaban J connectivity index is 1.81. The lowest BCUT2D eigenvalue weighted by molar-refractivity contribution is -0.142. The Morgan fingerprint density at radius 3 is 2.26 bits per heavy atom. The SMILES string of the molecule is O=C(O)C1CCN(S(=O)(=O)NOC2CCCC2)CC1. The molecule has 1 heterocycles. The average Bonchev–Trinajstić information content (AvgIpc) is 2.90. The van der Waals surface area contributed by atoms with Crippen molar-refractivity contribution in [3.63, 3.8) is 0 Å². The number of hydrogen-bond acceptors (Lipinski definition) is 4. The van der Waals surface area contributed by atoms with E-state index in [1.54, 1.807) is 0 Å². The van der Waals surface area contributed by atoms with Crippen LogP contribution in [0.5, 0.6) is 0 Å². The van der Waals surface area contributed by atoms with Crippen molar-refractivity contribution >= 4 is 16.2 Å². The minimum Gasteiger partial charge on any atom is -0.481 e. The summed E-state index contributed by atoms with van der Waals surface area (Å²) in [4.78, 5) is 18.2. The van der Waals surface area contributed by atoms with Crippen molar-refractivity contribution in [3.05, 3.63) is 0 Å². The lowest BCUT2D eigenvalue weighted by Crippen LogP contribution is -2.46. The molecule has 0 aromatic carbocycles. The summed E-state index contributed by atoms with van der Waals surface area (Å²) in [6.07, 6.45) is 4.55. The molecule has 19 heavy (non-hydrogen) atoms. The van der Waals surface area contributed by atoms with E-state index in [1.807, 2.05) is 0 Å². The summed E-state index contributed by atoms with van der Waals surface area (Å²) in [7, 11) is -3.65. The lowest BCUT2D eigenvalue weighted by atomic mass is 9.99. The zero-order valence-corrected chi connectivity index (χ0v) is 11.6. The molecule has 110 valence electrons. The van der Waals surface area contributed by atoms with Crippen LogP contribution in [0, 0.1) is 5.92 Å². The van der Waals surface area contributed by atoms with Crippen LogP contribution in [0.2, 0.25) is 0 Å². The van der Waals surface area contributed by atoms with Gasteiger partial charge in [-0.15, -0.1) is 0 Å². The number of carbonyl (C=O) groups is 1. The fourth-order valence-electron chi connectivity index (χ4n) is 2.53. The molecule has 2 rings (SSSR count). The summed E-state index contributed by atoms with van der Waals surface area (Å²) in [5.74, 6) is -1.30. The molecule has 0 amide bonds. The largest absolute Gasteiger partial charge is 0.481 e. The highest BCUT2D eigenvalue weighted by Crippen LogP contribution is 2.22. The minimum absolute atomic E-state index is 0.0358. The average molecular weight is 292 g/mol. The van der Waals surface area contributed by atoms with E-state index in [0.29, 0.717) is 12.8 Å². The summed E-state index contributed by atoms with van der Waals surface area (Å²) < 4.78 is 25.2. The molecule has 2 fully saturated rings. The number of rotatable bonds is 5. The summed E-state index contributed by atoms with van der Waals surface area (Å²) in [5, 5.41) is 8.87. The van der Waals surface area contributed by atoms with Crippen LogP contribution in [-0.4, -0.2) is 43.0 Å². The van der Waals surface area contributed by atoms with Crippen molar-refractivity contribution in [2.45, 2.75) is 44.6 Å². The molecule has 7 nitrogen and oxygen atoms in total. The maximum Gasteiger partial charge on any atom is 0.306 e. The second-order valence-corrected chi connectivity index (χ2v) is 6.76. The number of nitrogens with one attached hydrogen (secondary N) is 1. The minimum atomic E-state index is -3.65. The van der Waals surface area contributed by atoms with E-state index in [1.165, 1.54) is 4.31 Å². The van der Waals surface area contributed by atoms with Crippen LogP contribution in [-0.2, 0) is 19.8 Å². The van der Waals surface area contributed by atoms with Crippen LogP contribution in [0.15, 0.2) is 0 Å². The topological polar surface area (TPSA) is 95.9 Å². The molecular weight excluding hydrogens is 272 g/mol. The van der Waals surface area contributed by atoms with Gasteiger partial charge in [0, 0.05) is 13.1 Å². The summed E-state index contributed by atoms with van der Waals surface area (Å²) >= 11 is 0. The van der Waals surface area contributed by atoms with Gasteiger partial charge in [-0.25, -0.2) is 0 Å². The van der Waals surface area contributed by atoms with Crippen molar-refractivity contribution < 1.29 is 23.2 Å². The first-order chi connectivity index (χ1) is 8.99. The van der Waals surface area contributed by atoms with E-state index >= 15 is 0 Å². The molecule has 2 aliphatic rings. The van der Waals surface area contributed by atoms with Gasteiger partial charge in [-0.05, 0) is 25.7 Å². The second kappa shape index (κ2) is 6.17. The molecular formula is C11H20N2O5S. The van der Waals surface area contributed by atoms with Gasteiger partial charge in [0.05, 0.1) is 12.0 Å². The van der Waals surface area contributed by atoms with Gasteiger partial charge in [0.1, 0.15) is 0 Å². The third-order valence-electron chi connectivity index (χ3n) is 3.77. The first kappa shape index (κ1) is 14.7. The predicted octanol–water partition coefficient (Wildman–Crippen LogP) is 0.492. The fraction of sp³-hybridized carbons (Fsp3) is 0.909. The molecule has 0 aromatic heterocycles. The number of piperidine rings is 1. The number of aliphatic carboxylic acids is 1. The Labute approximate surface area is 113 Å². The third-order valence-corrected chi connectivity index (χ3v) is 5.12. The third kappa shape index (κ3) is 3.88. The van der Waals surface area contributed by atoms with Crippen LogP contribution in [0.4, 0.5) is 0 Å². The van der Waals surface area contributed by atoms with Crippen LogP contribution in [0.1, 0.15) is 38.5 Å². The number of carboxylic acids is 1. The van der Waals surface area contributed by atoms with Gasteiger partial charge in [-0.2, -0.15) is 12.7 Å². The molecule has 1 aliphatic carbocycles. The maximum absolute atomic E-state index is 12.0. The quantitative estimate of drug-likeness (QED) is 0.719. The van der Waals surface area contributed by atoms with Gasteiger partial charge in [0.15, 0.2) is 0 Å². The van der Waals surface area contributed by atoms with E-state index in [4.69, 9.17) is 9.94 Å². The summed E-state index contributed by atoms with van der Waals surface area (Å²) in [6, 6.07) is 0. The molecule has 0 radical (unpaired) electrons. The van der Waals surface area contributed by atoms with Crippen LogP contribution in [0.25, 0.3) is 0 Å². The second-order valence-electron chi connectivity index (χ2n) is 5.12. The number of nitrogens with zero attached hydrogens (tertiary/aromatic N) is 1. The standard InChI is InChI=1S/C11H20N2O5S/c14-11(15)9-5-7-13(8-6-9)19(16,17)12-18-10-3-1-2-4-10/h9-10,12H,1-8H2,(H,14,15). The van der Waals surface area contributed by atoms with Crippen LogP contribution in [0.3, 0.4) is 0 Å². The van der Waals surface area contributed by atoms with Gasteiger partial charge in [0.25, 0.3) is 0 Å². The highest BCUT2D eigenvalue weighted by molar-refractivity contribution is 7.87. The van der Waals surface area contributed by atoms with Crippen LogP contribution < -0.4 is 4.89 Å². The fourth-order valence-corrected chi connectivity index (χ4v) is 3.59. The molecule has 0 atom stereocenters. The zero-order valence-electron chi connectivity index (χ0n) is 10.7. The summed E-state index contributed by atoms with van der Waals surface area (Å²) in [5.41, 5.74) is 0. The van der Waals surface area contributed by atoms with Crippen LogP contribution >= 0.6 is 0 Å². The van der Waals surface area contributed by atoms with Gasteiger partial charge in [-0.3, -0.25) is 9.63 Å². The molecule has 0 spiro atoms. The zero-order chi connectivity index (χ0) is 13.9. The van der Waals surface area contributed by atoms with Gasteiger partial charge >= 0.3 is 16.2 Å². The van der Waals surface area contributed by atoms with Gasteiger partial charge in [0.2, 0.25) is 0 Å². The van der Waals surface area contributed by atoms with Gasteiger partial charge in [-0.1, -0.05) is 17.7 Å². The highest BCUT2D eigenvalue weighted by atomic mass is 32.2. The van der Waals surface area contributed by atoms with E-state index in [9.17, 15) is 13.2 Å². The molecule has 0 unspecified atom stereocenters. The first-order valence-corrected chi connectivity index (χ1v) is 8.08. The Morgan fingerprint density at radius 2 is 1.74 bits per heavy atom. The highest BCUT2D eigenvalue weighted by Gasteiger charge is 2.31. The van der Waals surface area contributed by atoms with E-state index in [0.717, 1.165) is 25.7 Å². The number of hydrogen-bond donors (Lipinski definition) is 2. The molecule has 0 aromatic rings. The maximum atomic E-state index is 12.0. The first-order valence-electron chi connectivity index (χ1n) is 6.64. The molecule has 2 N–H and O–H groups in total. The Morgan fingerprint density at radius 1 is 1.16 bits per heavy atom. The van der Waals surface area contributed by atoms with Gasteiger partial charge < -0.3 is 5.11 Å². The smallest absolute Gasteiger partial charge is 0.306 e. The molecule has 8 heteroatoms. The van der Waals surface area contributed by atoms with E-state index in [-0.39, 0.29) is 19.2 Å². The van der Waals surface area contributed by atoms with Crippen molar-refractivity contribution in [3.8, 4) is 0 Å². The predicted molar refractivity (Wildman–Crippen MR) is 67.3 cm³/mol. The van der Waals surface area contributed by atoms with Crippen molar-refractivity contribution in [1.82, 2.24) is 9.19 Å². The lowest BCUT2D eigenvalue weighted by Gasteiger charge is -2.29. The van der Waals surface area contributed by atoms with Crippen molar-refractivity contribution in [1.29, 1.82) is 0 Å². The molecule has 1 saturated heterocycles. The number of carboxylic acid groups (broad SMARTS) is 1.